The number of thiazole rings is 1. The molecule has 0 saturated carbocycles. The Morgan fingerprint density at radius 2 is 2.00 bits per heavy atom. The predicted octanol–water partition coefficient (Wildman–Crippen LogP) is 3.46. The standard InChI is InChI=1S/C13H24N2OS/c1-5-11(6-2)9-15(7-3)13-14-8-12(17-13)10(4)16/h8,10-11,16H,5-7,9H2,1-4H3. The van der Waals surface area contributed by atoms with E-state index in [1.54, 1.807) is 24.5 Å². The van der Waals surface area contributed by atoms with Crippen molar-refractivity contribution in [2.75, 3.05) is 18.0 Å². The minimum absolute atomic E-state index is 0.409. The number of aromatic nitrogens is 1. The molecule has 1 heterocycles. The fraction of sp³-hybridized carbons (Fsp3) is 0.769. The first kappa shape index (κ1) is 14.5. The molecule has 1 aromatic heterocycles. The first-order valence-corrected chi connectivity index (χ1v) is 7.32. The summed E-state index contributed by atoms with van der Waals surface area (Å²) in [5.74, 6) is 0.730. The quantitative estimate of drug-likeness (QED) is 0.811. The summed E-state index contributed by atoms with van der Waals surface area (Å²) >= 11 is 1.60. The van der Waals surface area contributed by atoms with Gasteiger partial charge in [-0.05, 0) is 19.8 Å². The van der Waals surface area contributed by atoms with E-state index >= 15 is 0 Å². The monoisotopic (exact) mass is 256 g/mol. The number of hydrogen-bond donors (Lipinski definition) is 1. The van der Waals surface area contributed by atoms with Gasteiger partial charge in [-0.1, -0.05) is 38.0 Å². The van der Waals surface area contributed by atoms with Gasteiger partial charge in [0.2, 0.25) is 0 Å². The highest BCUT2D eigenvalue weighted by Crippen LogP contribution is 2.28. The molecule has 1 atom stereocenters. The van der Waals surface area contributed by atoms with Gasteiger partial charge in [0.1, 0.15) is 0 Å². The second-order valence-corrected chi connectivity index (χ2v) is 5.48. The fourth-order valence-corrected chi connectivity index (χ4v) is 2.74. The van der Waals surface area contributed by atoms with Gasteiger partial charge in [0.15, 0.2) is 5.13 Å². The van der Waals surface area contributed by atoms with E-state index in [0.717, 1.165) is 29.0 Å². The number of rotatable bonds is 7. The van der Waals surface area contributed by atoms with Crippen molar-refractivity contribution in [2.24, 2.45) is 5.92 Å². The molecule has 0 fully saturated rings. The van der Waals surface area contributed by atoms with E-state index in [2.05, 4.69) is 30.7 Å². The Morgan fingerprint density at radius 3 is 2.41 bits per heavy atom. The predicted molar refractivity (Wildman–Crippen MR) is 74.7 cm³/mol. The highest BCUT2D eigenvalue weighted by Gasteiger charge is 2.15. The van der Waals surface area contributed by atoms with Crippen molar-refractivity contribution in [2.45, 2.75) is 46.6 Å². The van der Waals surface area contributed by atoms with Crippen molar-refractivity contribution in [3.8, 4) is 0 Å². The van der Waals surface area contributed by atoms with Gasteiger partial charge in [0.25, 0.3) is 0 Å². The van der Waals surface area contributed by atoms with Crippen LogP contribution in [-0.4, -0.2) is 23.2 Å². The molecule has 0 aliphatic carbocycles. The van der Waals surface area contributed by atoms with Crippen LogP contribution in [0.3, 0.4) is 0 Å². The highest BCUT2D eigenvalue weighted by atomic mass is 32.1. The fourth-order valence-electron chi connectivity index (χ4n) is 1.82. The number of nitrogens with zero attached hydrogens (tertiary/aromatic N) is 2. The normalized spacial score (nSPS) is 13.1. The van der Waals surface area contributed by atoms with Crippen LogP contribution >= 0.6 is 11.3 Å². The zero-order valence-electron chi connectivity index (χ0n) is 11.3. The number of anilines is 1. The Bertz CT molecular complexity index is 321. The lowest BCUT2D eigenvalue weighted by Crippen LogP contribution is -2.28. The molecule has 0 amide bonds. The molecule has 0 aliphatic heterocycles. The topological polar surface area (TPSA) is 36.4 Å². The lowest BCUT2D eigenvalue weighted by molar-refractivity contribution is 0.203. The summed E-state index contributed by atoms with van der Waals surface area (Å²) < 4.78 is 0. The third-order valence-electron chi connectivity index (χ3n) is 3.21. The number of aliphatic hydroxyl groups excluding tert-OH is 1. The summed E-state index contributed by atoms with van der Waals surface area (Å²) in [5.41, 5.74) is 0. The molecule has 1 N–H and O–H groups in total. The molecule has 1 unspecified atom stereocenters. The van der Waals surface area contributed by atoms with E-state index in [1.807, 2.05) is 0 Å². The molecule has 98 valence electrons. The minimum atomic E-state index is -0.409. The van der Waals surface area contributed by atoms with E-state index in [4.69, 9.17) is 0 Å². The van der Waals surface area contributed by atoms with Gasteiger partial charge in [-0.25, -0.2) is 4.98 Å². The first-order chi connectivity index (χ1) is 8.12. The Labute approximate surface area is 108 Å². The van der Waals surface area contributed by atoms with Crippen molar-refractivity contribution in [3.05, 3.63) is 11.1 Å². The minimum Gasteiger partial charge on any atom is -0.388 e. The van der Waals surface area contributed by atoms with E-state index in [1.165, 1.54) is 12.8 Å². The van der Waals surface area contributed by atoms with Gasteiger partial charge in [0, 0.05) is 19.3 Å². The Hall–Kier alpha value is -0.610. The molecule has 0 aromatic carbocycles. The lowest BCUT2D eigenvalue weighted by atomic mass is 10.0. The molecule has 0 bridgehead atoms. The summed E-state index contributed by atoms with van der Waals surface area (Å²) in [5, 5.41) is 10.6. The van der Waals surface area contributed by atoms with E-state index < -0.39 is 6.10 Å². The molecule has 1 aromatic rings. The number of aliphatic hydroxyl groups is 1. The van der Waals surface area contributed by atoms with E-state index in [-0.39, 0.29) is 0 Å². The van der Waals surface area contributed by atoms with Gasteiger partial charge in [-0.15, -0.1) is 0 Å². The summed E-state index contributed by atoms with van der Waals surface area (Å²) in [6, 6.07) is 0. The second kappa shape index (κ2) is 6.97. The third kappa shape index (κ3) is 3.96. The lowest BCUT2D eigenvalue weighted by Gasteiger charge is -2.24. The van der Waals surface area contributed by atoms with Crippen LogP contribution in [0.5, 0.6) is 0 Å². The van der Waals surface area contributed by atoms with Gasteiger partial charge in [0.05, 0.1) is 11.0 Å². The molecule has 3 nitrogen and oxygen atoms in total. The van der Waals surface area contributed by atoms with Crippen LogP contribution in [0.25, 0.3) is 0 Å². The maximum atomic E-state index is 9.52. The smallest absolute Gasteiger partial charge is 0.185 e. The van der Waals surface area contributed by atoms with Gasteiger partial charge in [-0.2, -0.15) is 0 Å². The molecule has 0 aliphatic rings. The van der Waals surface area contributed by atoms with Crippen LogP contribution in [0.4, 0.5) is 5.13 Å². The van der Waals surface area contributed by atoms with E-state index in [9.17, 15) is 5.11 Å². The average molecular weight is 256 g/mol. The van der Waals surface area contributed by atoms with Crippen molar-refractivity contribution in [3.63, 3.8) is 0 Å². The molecular weight excluding hydrogens is 232 g/mol. The van der Waals surface area contributed by atoms with Crippen molar-refractivity contribution >= 4 is 16.5 Å². The third-order valence-corrected chi connectivity index (χ3v) is 4.44. The van der Waals surface area contributed by atoms with Gasteiger partial charge >= 0.3 is 0 Å². The Kier molecular flexibility index (Phi) is 5.92. The van der Waals surface area contributed by atoms with Crippen molar-refractivity contribution in [1.82, 2.24) is 4.98 Å². The summed E-state index contributed by atoms with van der Waals surface area (Å²) in [4.78, 5) is 7.68. The molecular formula is C13H24N2OS. The molecule has 0 spiro atoms. The zero-order valence-corrected chi connectivity index (χ0v) is 12.1. The van der Waals surface area contributed by atoms with Crippen LogP contribution in [0.15, 0.2) is 6.20 Å². The molecule has 1 rings (SSSR count). The molecule has 0 saturated heterocycles. The molecule has 0 radical (unpaired) electrons. The first-order valence-electron chi connectivity index (χ1n) is 6.51. The SMILES string of the molecule is CCC(CC)CN(CC)c1ncc(C(C)O)s1. The largest absolute Gasteiger partial charge is 0.388 e. The summed E-state index contributed by atoms with van der Waals surface area (Å²) in [6.07, 6.45) is 3.80. The van der Waals surface area contributed by atoms with E-state index in [0.29, 0.717) is 0 Å². The van der Waals surface area contributed by atoms with Crippen LogP contribution in [0.2, 0.25) is 0 Å². The van der Waals surface area contributed by atoms with Gasteiger partial charge < -0.3 is 10.0 Å². The maximum Gasteiger partial charge on any atom is 0.185 e. The Morgan fingerprint density at radius 1 is 1.35 bits per heavy atom. The van der Waals surface area contributed by atoms with Crippen molar-refractivity contribution in [1.29, 1.82) is 0 Å². The molecule has 17 heavy (non-hydrogen) atoms. The summed E-state index contributed by atoms with van der Waals surface area (Å²) in [6.45, 7) is 10.5. The zero-order chi connectivity index (χ0) is 12.8. The van der Waals surface area contributed by atoms with Crippen LogP contribution < -0.4 is 4.90 Å². The molecule has 4 heteroatoms. The van der Waals surface area contributed by atoms with Crippen molar-refractivity contribution < 1.29 is 5.11 Å². The van der Waals surface area contributed by atoms with Crippen LogP contribution in [0, 0.1) is 5.92 Å². The average Bonchev–Trinajstić information content (AvgIpc) is 2.80. The van der Waals surface area contributed by atoms with Gasteiger partial charge in [-0.3, -0.25) is 0 Å². The maximum absolute atomic E-state index is 9.52. The Balaban J connectivity index is 2.71. The highest BCUT2D eigenvalue weighted by molar-refractivity contribution is 7.15. The number of hydrogen-bond acceptors (Lipinski definition) is 4. The van der Waals surface area contributed by atoms with Crippen LogP contribution in [0.1, 0.15) is 51.5 Å². The summed E-state index contributed by atoms with van der Waals surface area (Å²) in [7, 11) is 0. The van der Waals surface area contributed by atoms with Crippen LogP contribution in [-0.2, 0) is 0 Å². The second-order valence-electron chi connectivity index (χ2n) is 4.44.